The summed E-state index contributed by atoms with van der Waals surface area (Å²) in [6.07, 6.45) is 4.35. The monoisotopic (exact) mass is 406 g/mol. The van der Waals surface area contributed by atoms with Gasteiger partial charge in [-0.05, 0) is 49.1 Å². The summed E-state index contributed by atoms with van der Waals surface area (Å²) in [7, 11) is -3.64. The Labute approximate surface area is 165 Å². The van der Waals surface area contributed by atoms with Crippen LogP contribution in [0.1, 0.15) is 30.9 Å². The van der Waals surface area contributed by atoms with E-state index < -0.39 is 16.1 Å². The molecule has 0 spiro atoms. The third kappa shape index (κ3) is 5.18. The molecule has 1 amide bonds. The van der Waals surface area contributed by atoms with E-state index >= 15 is 0 Å². The van der Waals surface area contributed by atoms with Gasteiger partial charge in [0.2, 0.25) is 15.9 Å². The van der Waals surface area contributed by atoms with Crippen LogP contribution >= 0.6 is 0 Å². The lowest BCUT2D eigenvalue weighted by atomic mass is 9.99. The molecule has 8 nitrogen and oxygen atoms in total. The molecule has 0 radical (unpaired) electrons. The first kappa shape index (κ1) is 20.5. The number of aromatic nitrogens is 2. The number of hydrogen-bond donors (Lipinski definition) is 2. The minimum atomic E-state index is -3.64. The highest BCUT2D eigenvalue weighted by atomic mass is 32.2. The molecule has 3 rings (SSSR count). The van der Waals surface area contributed by atoms with E-state index in [9.17, 15) is 18.3 Å². The van der Waals surface area contributed by atoms with Gasteiger partial charge in [-0.2, -0.15) is 5.10 Å². The van der Waals surface area contributed by atoms with E-state index in [2.05, 4.69) is 9.82 Å². The Balaban J connectivity index is 1.65. The molecule has 0 bridgehead atoms. The minimum Gasteiger partial charge on any atom is -0.393 e. The van der Waals surface area contributed by atoms with Crippen LogP contribution < -0.4 is 4.72 Å². The molecule has 1 aromatic carbocycles. The molecule has 2 aromatic rings. The van der Waals surface area contributed by atoms with E-state index in [1.54, 1.807) is 34.8 Å². The average molecular weight is 407 g/mol. The normalized spacial score (nSPS) is 15.3. The second-order valence-electron chi connectivity index (χ2n) is 7.05. The Morgan fingerprint density at radius 3 is 2.89 bits per heavy atom. The molecule has 2 N–H and O–H groups in total. The first-order chi connectivity index (χ1) is 13.3. The molecule has 0 fully saturated rings. The molecular formula is C19H26N4O4S. The summed E-state index contributed by atoms with van der Waals surface area (Å²) in [6.45, 7) is 3.35. The van der Waals surface area contributed by atoms with Crippen molar-refractivity contribution >= 4 is 15.9 Å². The zero-order chi connectivity index (χ0) is 20.1. The molecule has 2 heterocycles. The van der Waals surface area contributed by atoms with Crippen LogP contribution in [0, 0.1) is 0 Å². The first-order valence-electron chi connectivity index (χ1n) is 9.40. The molecule has 1 aromatic heterocycles. The van der Waals surface area contributed by atoms with Crippen molar-refractivity contribution in [1.29, 1.82) is 0 Å². The maximum atomic E-state index is 12.5. The lowest BCUT2D eigenvalue weighted by Gasteiger charge is -2.29. The molecule has 152 valence electrons. The van der Waals surface area contributed by atoms with Crippen molar-refractivity contribution in [3.8, 4) is 0 Å². The van der Waals surface area contributed by atoms with Gasteiger partial charge in [0.05, 0.1) is 11.0 Å². The van der Waals surface area contributed by atoms with Crippen LogP contribution in [0.4, 0.5) is 0 Å². The maximum absolute atomic E-state index is 12.5. The van der Waals surface area contributed by atoms with Crippen LogP contribution in [0.3, 0.4) is 0 Å². The fourth-order valence-corrected chi connectivity index (χ4v) is 4.30. The summed E-state index contributed by atoms with van der Waals surface area (Å²) >= 11 is 0. The number of carbonyl (C=O) groups excluding carboxylic acids is 1. The summed E-state index contributed by atoms with van der Waals surface area (Å²) in [5, 5.41) is 13.4. The number of aryl methyl sites for hydroxylation is 1. The molecule has 1 atom stereocenters. The van der Waals surface area contributed by atoms with Crippen molar-refractivity contribution in [2.24, 2.45) is 0 Å². The maximum Gasteiger partial charge on any atom is 0.240 e. The van der Waals surface area contributed by atoms with Gasteiger partial charge in [0.25, 0.3) is 0 Å². The number of hydrogen-bond acceptors (Lipinski definition) is 5. The second kappa shape index (κ2) is 8.85. The van der Waals surface area contributed by atoms with Crippen molar-refractivity contribution in [2.75, 3.05) is 13.1 Å². The number of nitrogens with zero attached hydrogens (tertiary/aromatic N) is 3. The lowest BCUT2D eigenvalue weighted by Crippen LogP contribution is -2.36. The number of aliphatic hydroxyl groups is 1. The smallest absolute Gasteiger partial charge is 0.240 e. The van der Waals surface area contributed by atoms with Crippen molar-refractivity contribution in [3.63, 3.8) is 0 Å². The minimum absolute atomic E-state index is 0.0319. The Hall–Kier alpha value is -2.23. The van der Waals surface area contributed by atoms with Gasteiger partial charge in [-0.25, -0.2) is 13.1 Å². The lowest BCUT2D eigenvalue weighted by molar-refractivity contribution is -0.132. The van der Waals surface area contributed by atoms with Crippen molar-refractivity contribution in [1.82, 2.24) is 19.4 Å². The highest BCUT2D eigenvalue weighted by Crippen LogP contribution is 2.23. The Morgan fingerprint density at radius 2 is 2.18 bits per heavy atom. The molecule has 0 saturated heterocycles. The van der Waals surface area contributed by atoms with Crippen LogP contribution in [0.25, 0.3) is 0 Å². The molecule has 1 aliphatic rings. The Kier molecular flexibility index (Phi) is 6.48. The van der Waals surface area contributed by atoms with Crippen molar-refractivity contribution < 1.29 is 18.3 Å². The van der Waals surface area contributed by atoms with Gasteiger partial charge in [-0.3, -0.25) is 9.48 Å². The van der Waals surface area contributed by atoms with E-state index in [-0.39, 0.29) is 17.3 Å². The van der Waals surface area contributed by atoms with Crippen molar-refractivity contribution in [3.05, 3.63) is 47.8 Å². The van der Waals surface area contributed by atoms with Crippen LogP contribution in [-0.2, 0) is 34.3 Å². The fourth-order valence-electron chi connectivity index (χ4n) is 3.20. The topological polar surface area (TPSA) is 105 Å². The van der Waals surface area contributed by atoms with Gasteiger partial charge < -0.3 is 10.0 Å². The summed E-state index contributed by atoms with van der Waals surface area (Å²) in [5.74, 6) is 0.0319. The molecule has 28 heavy (non-hydrogen) atoms. The number of benzene rings is 1. The van der Waals surface area contributed by atoms with Crippen molar-refractivity contribution in [2.45, 2.75) is 50.3 Å². The average Bonchev–Trinajstić information content (AvgIpc) is 3.18. The van der Waals surface area contributed by atoms with Crippen LogP contribution in [0.5, 0.6) is 0 Å². The van der Waals surface area contributed by atoms with E-state index in [1.807, 2.05) is 18.3 Å². The van der Waals surface area contributed by atoms with E-state index in [4.69, 9.17) is 0 Å². The van der Waals surface area contributed by atoms with Gasteiger partial charge in [-0.15, -0.1) is 0 Å². The third-order valence-electron chi connectivity index (χ3n) is 4.82. The predicted molar refractivity (Wildman–Crippen MR) is 104 cm³/mol. The van der Waals surface area contributed by atoms with E-state index in [1.165, 1.54) is 0 Å². The van der Waals surface area contributed by atoms with E-state index in [0.717, 1.165) is 11.1 Å². The fraction of sp³-hybridized carbons (Fsp3) is 0.474. The zero-order valence-corrected chi connectivity index (χ0v) is 16.7. The second-order valence-corrected chi connectivity index (χ2v) is 8.82. The van der Waals surface area contributed by atoms with Crippen LogP contribution in [-0.4, -0.2) is 53.3 Å². The first-order valence-corrected chi connectivity index (χ1v) is 10.9. The van der Waals surface area contributed by atoms with E-state index in [0.29, 0.717) is 38.9 Å². The zero-order valence-electron chi connectivity index (χ0n) is 15.9. The number of fused-ring (bicyclic) bond motifs is 1. The van der Waals surface area contributed by atoms with Gasteiger partial charge in [0, 0.05) is 45.0 Å². The number of amides is 1. The summed E-state index contributed by atoms with van der Waals surface area (Å²) < 4.78 is 29.2. The van der Waals surface area contributed by atoms with Gasteiger partial charge in [-0.1, -0.05) is 6.07 Å². The van der Waals surface area contributed by atoms with Gasteiger partial charge >= 0.3 is 0 Å². The number of sulfonamides is 1. The molecule has 0 aliphatic carbocycles. The quantitative estimate of drug-likeness (QED) is 0.678. The van der Waals surface area contributed by atoms with Crippen LogP contribution in [0.15, 0.2) is 41.6 Å². The highest BCUT2D eigenvalue weighted by molar-refractivity contribution is 7.89. The standard InChI is InChI=1S/C19H26N4O4S/c1-15(24)5-9-21-28(26,27)18-4-3-16-6-11-22(14-17(16)13-18)19(25)7-12-23-10-2-8-20-23/h2-4,8,10,13,15,21,24H,5-7,9,11-12,14H2,1H3/t15-/m0/s1. The van der Waals surface area contributed by atoms with Gasteiger partial charge in [0.1, 0.15) is 0 Å². The number of rotatable bonds is 8. The Bertz CT molecular complexity index is 910. The highest BCUT2D eigenvalue weighted by Gasteiger charge is 2.23. The number of aliphatic hydroxyl groups excluding tert-OH is 1. The molecule has 9 heteroatoms. The Morgan fingerprint density at radius 1 is 1.36 bits per heavy atom. The van der Waals surface area contributed by atoms with Gasteiger partial charge in [0.15, 0.2) is 0 Å². The summed E-state index contributed by atoms with van der Waals surface area (Å²) in [6, 6.07) is 6.88. The van der Waals surface area contributed by atoms with Crippen LogP contribution in [0.2, 0.25) is 0 Å². The largest absolute Gasteiger partial charge is 0.393 e. The summed E-state index contributed by atoms with van der Waals surface area (Å²) in [4.78, 5) is 14.5. The third-order valence-corrected chi connectivity index (χ3v) is 6.28. The molecular weight excluding hydrogens is 380 g/mol. The predicted octanol–water partition coefficient (Wildman–Crippen LogP) is 0.907. The molecule has 0 unspecified atom stereocenters. The molecule has 0 saturated carbocycles. The molecule has 1 aliphatic heterocycles. The summed E-state index contributed by atoms with van der Waals surface area (Å²) in [5.41, 5.74) is 1.93. The number of carbonyl (C=O) groups is 1. The SMILES string of the molecule is C[C@H](O)CCNS(=O)(=O)c1ccc2c(c1)CN(C(=O)CCn1cccn1)CC2. The number of nitrogens with one attached hydrogen (secondary N) is 1.